The molecule has 0 bridgehead atoms. The first-order valence-electron chi connectivity index (χ1n) is 1.94. The zero-order chi connectivity index (χ0) is 7.49. The first-order valence-corrected chi connectivity index (χ1v) is 5.15. The third-order valence-electron chi connectivity index (χ3n) is 0.387. The van der Waals surface area contributed by atoms with Crippen LogP contribution in [0, 0.1) is 0 Å². The number of nitrogens with two attached hydrogens (primary N) is 1. The van der Waals surface area contributed by atoms with E-state index in [9.17, 15) is 8.53 Å². The topological polar surface area (TPSA) is 110 Å². The molecule has 54 valence electrons. The Hall–Kier alpha value is -0.292. The average Bonchev–Trinajstić information content (AvgIpc) is 1.62. The Balaban J connectivity index is 3.75. The zero-order valence-electron chi connectivity index (χ0n) is 4.35. The molecular formula is C2H6AsNO5. The van der Waals surface area contributed by atoms with Crippen LogP contribution in [0.15, 0.2) is 0 Å². The van der Waals surface area contributed by atoms with Crippen molar-refractivity contribution in [1.29, 1.82) is 0 Å². The molecule has 0 aromatic carbocycles. The summed E-state index contributed by atoms with van der Waals surface area (Å²) < 4.78 is 29.4. The normalized spacial score (nSPS) is 11.0. The first-order chi connectivity index (χ1) is 3.95. The fourth-order valence-corrected chi connectivity index (χ4v) is 0.883. The summed E-state index contributed by atoms with van der Waals surface area (Å²) in [5.41, 5.74) is 4.67. The van der Waals surface area contributed by atoms with E-state index >= 15 is 0 Å². The molecule has 4 N–H and O–H groups in total. The molecule has 0 aliphatic rings. The number of hydrogen-bond acceptors (Lipinski definition) is 4. The van der Waals surface area contributed by atoms with Crippen LogP contribution in [0.4, 0.5) is 0 Å². The Morgan fingerprint density at radius 1 is 1.67 bits per heavy atom. The predicted octanol–water partition coefficient (Wildman–Crippen LogP) is -2.66. The summed E-state index contributed by atoms with van der Waals surface area (Å²) in [4.78, 5) is 10.0. The molecule has 0 spiro atoms. The zero-order valence-corrected chi connectivity index (χ0v) is 6.23. The summed E-state index contributed by atoms with van der Waals surface area (Å²) in [5, 5.41) is 0. The number of rotatable bonds is 2. The summed E-state index contributed by atoms with van der Waals surface area (Å²) in [7, 11) is 0. The Bertz CT molecular complexity index is 149. The third kappa shape index (κ3) is 5.58. The van der Waals surface area contributed by atoms with Gasteiger partial charge in [0.15, 0.2) is 0 Å². The molecule has 0 aliphatic carbocycles. The molecule has 0 aliphatic heterocycles. The van der Waals surface area contributed by atoms with E-state index in [0.717, 1.165) is 0 Å². The minimum atomic E-state index is -5.22. The van der Waals surface area contributed by atoms with Crippen LogP contribution in [0.3, 0.4) is 0 Å². The molecule has 0 amide bonds. The molecule has 0 heterocycles. The molecule has 7 heteroatoms. The van der Waals surface area contributed by atoms with Crippen LogP contribution in [-0.4, -0.2) is 35.2 Å². The van der Waals surface area contributed by atoms with Gasteiger partial charge in [0.05, 0.1) is 0 Å². The molecule has 0 saturated heterocycles. The van der Waals surface area contributed by atoms with Crippen molar-refractivity contribution in [2.75, 3.05) is 6.54 Å². The summed E-state index contributed by atoms with van der Waals surface area (Å²) >= 11 is -5.22. The predicted molar refractivity (Wildman–Crippen MR) is 26.0 cm³/mol. The Labute approximate surface area is 54.0 Å². The van der Waals surface area contributed by atoms with Gasteiger partial charge in [-0.2, -0.15) is 0 Å². The van der Waals surface area contributed by atoms with E-state index in [2.05, 4.69) is 9.46 Å². The van der Waals surface area contributed by atoms with Crippen molar-refractivity contribution in [3.63, 3.8) is 0 Å². The summed E-state index contributed by atoms with van der Waals surface area (Å²) in [5.74, 6) is -1.09. The quantitative estimate of drug-likeness (QED) is 0.418. The monoisotopic (exact) mass is 199 g/mol. The Morgan fingerprint density at radius 3 is 2.22 bits per heavy atom. The van der Waals surface area contributed by atoms with Crippen LogP contribution in [0.25, 0.3) is 0 Å². The van der Waals surface area contributed by atoms with Gasteiger partial charge in [-0.15, -0.1) is 0 Å². The van der Waals surface area contributed by atoms with Crippen molar-refractivity contribution in [1.82, 2.24) is 0 Å². The maximum absolute atomic E-state index is 10.0. The number of carbonyl (C=O) groups excluding carboxylic acids is 1. The molecule has 9 heavy (non-hydrogen) atoms. The van der Waals surface area contributed by atoms with Gasteiger partial charge in [-0.25, -0.2) is 0 Å². The second-order valence-electron chi connectivity index (χ2n) is 1.16. The molecular weight excluding hydrogens is 193 g/mol. The van der Waals surface area contributed by atoms with Gasteiger partial charge in [-0.1, -0.05) is 0 Å². The van der Waals surface area contributed by atoms with E-state index in [1.54, 1.807) is 0 Å². The van der Waals surface area contributed by atoms with Gasteiger partial charge in [-0.3, -0.25) is 0 Å². The van der Waals surface area contributed by atoms with Crippen molar-refractivity contribution < 1.29 is 20.5 Å². The van der Waals surface area contributed by atoms with Gasteiger partial charge in [0.25, 0.3) is 0 Å². The van der Waals surface area contributed by atoms with E-state index in [0.29, 0.717) is 0 Å². The van der Waals surface area contributed by atoms with Crippen LogP contribution < -0.4 is 5.73 Å². The standard InChI is InChI=1S/C2H6AsNO5/c4-1-2(5)9-3(6,7)8/h1,4H2,(H2,6,7,8). The maximum atomic E-state index is 10.0. The van der Waals surface area contributed by atoms with Crippen LogP contribution in [0.5, 0.6) is 0 Å². The van der Waals surface area contributed by atoms with Crippen LogP contribution in [-0.2, 0) is 12.3 Å². The van der Waals surface area contributed by atoms with Crippen LogP contribution in [0.1, 0.15) is 0 Å². The second kappa shape index (κ2) is 3.03. The van der Waals surface area contributed by atoms with Crippen molar-refractivity contribution in [2.24, 2.45) is 5.73 Å². The first kappa shape index (κ1) is 8.71. The van der Waals surface area contributed by atoms with E-state index < -0.39 is 27.0 Å². The fourth-order valence-electron chi connectivity index (χ4n) is 0.170. The molecule has 0 aromatic heterocycles. The van der Waals surface area contributed by atoms with E-state index in [-0.39, 0.29) is 0 Å². The molecule has 0 saturated carbocycles. The van der Waals surface area contributed by atoms with Gasteiger partial charge in [0, 0.05) is 0 Å². The minimum absolute atomic E-state index is 0.521. The van der Waals surface area contributed by atoms with Gasteiger partial charge in [-0.05, 0) is 0 Å². The van der Waals surface area contributed by atoms with Gasteiger partial charge in [0.2, 0.25) is 0 Å². The van der Waals surface area contributed by atoms with Crippen LogP contribution >= 0.6 is 0 Å². The van der Waals surface area contributed by atoms with Gasteiger partial charge in [0.1, 0.15) is 0 Å². The van der Waals surface area contributed by atoms with Crippen molar-refractivity contribution in [3.8, 4) is 0 Å². The summed E-state index contributed by atoms with van der Waals surface area (Å²) in [6.45, 7) is -0.521. The van der Waals surface area contributed by atoms with Crippen molar-refractivity contribution in [2.45, 2.75) is 0 Å². The van der Waals surface area contributed by atoms with E-state index in [1.807, 2.05) is 0 Å². The van der Waals surface area contributed by atoms with Crippen LogP contribution in [0.2, 0.25) is 0 Å². The van der Waals surface area contributed by atoms with Gasteiger partial charge >= 0.3 is 53.2 Å². The molecule has 0 radical (unpaired) electrons. The second-order valence-corrected chi connectivity index (χ2v) is 3.60. The number of carbonyl (C=O) groups is 1. The van der Waals surface area contributed by atoms with E-state index in [1.165, 1.54) is 0 Å². The molecule has 0 atom stereocenters. The van der Waals surface area contributed by atoms with Gasteiger partial charge < -0.3 is 0 Å². The van der Waals surface area contributed by atoms with Crippen molar-refractivity contribution in [3.05, 3.63) is 0 Å². The molecule has 0 fully saturated rings. The summed E-state index contributed by atoms with van der Waals surface area (Å²) in [6, 6.07) is 0. The SMILES string of the molecule is NCC(=O)O[As](=O)(O)O. The Morgan fingerprint density at radius 2 is 2.11 bits per heavy atom. The molecule has 0 rings (SSSR count). The van der Waals surface area contributed by atoms with E-state index in [4.69, 9.17) is 8.19 Å². The third-order valence-corrected chi connectivity index (χ3v) is 1.31. The van der Waals surface area contributed by atoms with Crippen molar-refractivity contribution >= 4 is 20.5 Å². The molecule has 6 nitrogen and oxygen atoms in total. The average molecular weight is 199 g/mol. The molecule has 0 unspecified atom stereocenters. The fraction of sp³-hybridized carbons (Fsp3) is 0.500. The molecule has 0 aromatic rings. The number of hydrogen-bond donors (Lipinski definition) is 3. The Kier molecular flexibility index (Phi) is 2.93. The summed E-state index contributed by atoms with van der Waals surface area (Å²) in [6.07, 6.45) is 0.